The molecule has 7 heteroatoms. The number of aromatic amines is 1. The summed E-state index contributed by atoms with van der Waals surface area (Å²) in [7, 11) is 0. The van der Waals surface area contributed by atoms with E-state index in [1.54, 1.807) is 0 Å². The highest BCUT2D eigenvalue weighted by atomic mass is 16.6. The van der Waals surface area contributed by atoms with Crippen LogP contribution in [0.1, 0.15) is 37.0 Å². The molecule has 0 amide bonds. The SMILES string of the molecule is CCCC(=O)OC(=O)c1c[nH]nc1OCCOCC. The maximum absolute atomic E-state index is 11.7. The van der Waals surface area contributed by atoms with Gasteiger partial charge >= 0.3 is 11.9 Å². The Morgan fingerprint density at radius 3 is 2.79 bits per heavy atom. The van der Waals surface area contributed by atoms with Crippen LogP contribution in [0.4, 0.5) is 0 Å². The number of nitrogens with zero attached hydrogens (tertiary/aromatic N) is 1. The zero-order chi connectivity index (χ0) is 14.1. The van der Waals surface area contributed by atoms with E-state index in [2.05, 4.69) is 14.9 Å². The highest BCUT2D eigenvalue weighted by molar-refractivity contribution is 5.98. The van der Waals surface area contributed by atoms with Gasteiger partial charge < -0.3 is 14.2 Å². The van der Waals surface area contributed by atoms with E-state index in [0.29, 0.717) is 19.6 Å². The summed E-state index contributed by atoms with van der Waals surface area (Å²) in [6, 6.07) is 0. The second-order valence-corrected chi connectivity index (χ2v) is 3.66. The molecule has 19 heavy (non-hydrogen) atoms. The second kappa shape index (κ2) is 8.25. The summed E-state index contributed by atoms with van der Waals surface area (Å²) in [6.07, 6.45) is 2.15. The molecule has 1 aromatic heterocycles. The molecule has 0 aliphatic heterocycles. The van der Waals surface area contributed by atoms with Crippen molar-refractivity contribution in [3.05, 3.63) is 11.8 Å². The van der Waals surface area contributed by atoms with E-state index in [0.717, 1.165) is 0 Å². The molecule has 0 atom stereocenters. The second-order valence-electron chi connectivity index (χ2n) is 3.66. The van der Waals surface area contributed by atoms with Gasteiger partial charge in [-0.2, -0.15) is 0 Å². The molecule has 0 aliphatic rings. The fourth-order valence-corrected chi connectivity index (χ4v) is 1.29. The number of esters is 2. The number of aromatic nitrogens is 2. The molecule has 0 spiro atoms. The number of rotatable bonds is 8. The van der Waals surface area contributed by atoms with Crippen LogP contribution >= 0.6 is 0 Å². The van der Waals surface area contributed by atoms with Crippen LogP contribution in [0.3, 0.4) is 0 Å². The van der Waals surface area contributed by atoms with Crippen molar-refractivity contribution in [3.63, 3.8) is 0 Å². The van der Waals surface area contributed by atoms with Gasteiger partial charge in [0.25, 0.3) is 0 Å². The molecule has 1 N–H and O–H groups in total. The van der Waals surface area contributed by atoms with Crippen LogP contribution in [0.5, 0.6) is 5.88 Å². The van der Waals surface area contributed by atoms with E-state index in [1.165, 1.54) is 6.20 Å². The Kier molecular flexibility index (Phi) is 6.59. The van der Waals surface area contributed by atoms with Crippen molar-refractivity contribution in [3.8, 4) is 5.88 Å². The average molecular weight is 270 g/mol. The topological polar surface area (TPSA) is 90.5 Å². The first-order valence-corrected chi connectivity index (χ1v) is 6.18. The van der Waals surface area contributed by atoms with Gasteiger partial charge in [-0.3, -0.25) is 9.89 Å². The number of nitrogens with one attached hydrogen (secondary N) is 1. The molecule has 0 saturated carbocycles. The molecule has 7 nitrogen and oxygen atoms in total. The summed E-state index contributed by atoms with van der Waals surface area (Å²) in [4.78, 5) is 22.9. The summed E-state index contributed by atoms with van der Waals surface area (Å²) in [5, 5.41) is 6.27. The zero-order valence-corrected chi connectivity index (χ0v) is 11.1. The van der Waals surface area contributed by atoms with E-state index in [-0.39, 0.29) is 24.5 Å². The van der Waals surface area contributed by atoms with E-state index < -0.39 is 11.9 Å². The standard InChI is InChI=1S/C12H18N2O5/c1-3-5-10(15)19-12(16)9-8-13-14-11(9)18-7-6-17-4-2/h8H,3-7H2,1-2H3,(H,13,14). The summed E-state index contributed by atoms with van der Waals surface area (Å²) in [5.74, 6) is -1.22. The lowest BCUT2D eigenvalue weighted by atomic mass is 10.3. The predicted octanol–water partition coefficient (Wildman–Crippen LogP) is 1.31. The number of carbonyl (C=O) groups excluding carboxylic acids is 2. The predicted molar refractivity (Wildman–Crippen MR) is 65.9 cm³/mol. The third-order valence-corrected chi connectivity index (χ3v) is 2.16. The van der Waals surface area contributed by atoms with Crippen LogP contribution in [0.2, 0.25) is 0 Å². The Morgan fingerprint density at radius 1 is 1.32 bits per heavy atom. The van der Waals surface area contributed by atoms with Gasteiger partial charge in [0.2, 0.25) is 5.88 Å². The Morgan fingerprint density at radius 2 is 2.11 bits per heavy atom. The number of ether oxygens (including phenoxy) is 3. The van der Waals surface area contributed by atoms with Gasteiger partial charge in [-0.25, -0.2) is 4.79 Å². The third kappa shape index (κ3) is 5.09. The summed E-state index contributed by atoms with van der Waals surface area (Å²) < 4.78 is 15.0. The lowest BCUT2D eigenvalue weighted by Gasteiger charge is -2.05. The van der Waals surface area contributed by atoms with Gasteiger partial charge in [0, 0.05) is 19.2 Å². The minimum absolute atomic E-state index is 0.0981. The van der Waals surface area contributed by atoms with Crippen molar-refractivity contribution < 1.29 is 23.8 Å². The van der Waals surface area contributed by atoms with Crippen molar-refractivity contribution in [1.29, 1.82) is 0 Å². The van der Waals surface area contributed by atoms with E-state index in [9.17, 15) is 9.59 Å². The Bertz CT molecular complexity index is 416. The molecule has 0 saturated heterocycles. The lowest BCUT2D eigenvalue weighted by molar-refractivity contribution is -0.137. The van der Waals surface area contributed by atoms with Crippen molar-refractivity contribution >= 4 is 11.9 Å². The first kappa shape index (κ1) is 15.2. The first-order valence-electron chi connectivity index (χ1n) is 6.18. The highest BCUT2D eigenvalue weighted by Crippen LogP contribution is 2.15. The normalized spacial score (nSPS) is 10.2. The first-order chi connectivity index (χ1) is 9.19. The van der Waals surface area contributed by atoms with Crippen LogP contribution in [-0.4, -0.2) is 42.0 Å². The quantitative estimate of drug-likeness (QED) is 0.435. The van der Waals surface area contributed by atoms with Crippen molar-refractivity contribution in [2.45, 2.75) is 26.7 Å². The van der Waals surface area contributed by atoms with Crippen LogP contribution in [0.15, 0.2) is 6.20 Å². The smallest absolute Gasteiger partial charge is 0.352 e. The molecule has 0 radical (unpaired) electrons. The largest absolute Gasteiger partial charge is 0.474 e. The third-order valence-electron chi connectivity index (χ3n) is 2.16. The Hall–Kier alpha value is -1.89. The maximum Gasteiger partial charge on any atom is 0.352 e. The molecule has 106 valence electrons. The summed E-state index contributed by atoms with van der Waals surface area (Å²) in [6.45, 7) is 4.95. The molecule has 1 aromatic rings. The van der Waals surface area contributed by atoms with Crippen molar-refractivity contribution in [2.75, 3.05) is 19.8 Å². The molecule has 0 fully saturated rings. The number of carbonyl (C=O) groups is 2. The van der Waals surface area contributed by atoms with Gasteiger partial charge in [-0.1, -0.05) is 6.92 Å². The molecule has 0 aromatic carbocycles. The molecule has 0 bridgehead atoms. The fourth-order valence-electron chi connectivity index (χ4n) is 1.29. The minimum atomic E-state index is -0.765. The van der Waals surface area contributed by atoms with Gasteiger partial charge in [0.15, 0.2) is 0 Å². The molecule has 1 heterocycles. The summed E-state index contributed by atoms with van der Waals surface area (Å²) in [5.41, 5.74) is 0.0981. The van der Waals surface area contributed by atoms with Crippen molar-refractivity contribution in [1.82, 2.24) is 10.2 Å². The number of H-pyrrole nitrogens is 1. The monoisotopic (exact) mass is 270 g/mol. The van der Waals surface area contributed by atoms with Crippen LogP contribution in [0, 0.1) is 0 Å². The Labute approximate surface area is 111 Å². The van der Waals surface area contributed by atoms with E-state index in [4.69, 9.17) is 9.47 Å². The molecular formula is C12H18N2O5. The van der Waals surface area contributed by atoms with Gasteiger partial charge in [0.1, 0.15) is 12.2 Å². The average Bonchev–Trinajstić information content (AvgIpc) is 2.83. The minimum Gasteiger partial charge on any atom is -0.474 e. The fraction of sp³-hybridized carbons (Fsp3) is 0.583. The van der Waals surface area contributed by atoms with Crippen molar-refractivity contribution in [2.24, 2.45) is 0 Å². The molecule has 0 unspecified atom stereocenters. The van der Waals surface area contributed by atoms with E-state index in [1.807, 2.05) is 13.8 Å². The lowest BCUT2D eigenvalue weighted by Crippen LogP contribution is -2.14. The maximum atomic E-state index is 11.7. The van der Waals surface area contributed by atoms with Gasteiger partial charge in [-0.05, 0) is 13.3 Å². The molecule has 0 aliphatic carbocycles. The van der Waals surface area contributed by atoms with Crippen LogP contribution in [0.25, 0.3) is 0 Å². The molecular weight excluding hydrogens is 252 g/mol. The van der Waals surface area contributed by atoms with Gasteiger partial charge in [0.05, 0.1) is 6.61 Å². The number of hydrogen-bond acceptors (Lipinski definition) is 6. The van der Waals surface area contributed by atoms with Crippen LogP contribution < -0.4 is 4.74 Å². The van der Waals surface area contributed by atoms with E-state index >= 15 is 0 Å². The zero-order valence-electron chi connectivity index (χ0n) is 11.1. The van der Waals surface area contributed by atoms with Crippen LogP contribution in [-0.2, 0) is 14.3 Å². The molecule has 1 rings (SSSR count). The van der Waals surface area contributed by atoms with Gasteiger partial charge in [-0.15, -0.1) is 5.10 Å². The number of hydrogen-bond donors (Lipinski definition) is 1. The summed E-state index contributed by atoms with van der Waals surface area (Å²) >= 11 is 0. The Balaban J connectivity index is 2.51. The highest BCUT2D eigenvalue weighted by Gasteiger charge is 2.19.